The van der Waals surface area contributed by atoms with Crippen LogP contribution in [-0.4, -0.2) is 27.9 Å². The number of benzene rings is 1. The molecule has 0 spiro atoms. The molecule has 1 N–H and O–H groups in total. The summed E-state index contributed by atoms with van der Waals surface area (Å²) in [5, 5.41) is 3.99. The van der Waals surface area contributed by atoms with E-state index < -0.39 is 0 Å². The minimum absolute atomic E-state index is 0.0828. The number of aryl methyl sites for hydroxylation is 1. The van der Waals surface area contributed by atoms with Gasteiger partial charge in [-0.15, -0.1) is 0 Å². The molecule has 1 fully saturated rings. The van der Waals surface area contributed by atoms with Gasteiger partial charge < -0.3 is 5.32 Å². The highest BCUT2D eigenvalue weighted by atomic mass is 16.1. The predicted molar refractivity (Wildman–Crippen MR) is 100 cm³/mol. The normalized spacial score (nSPS) is 18.0. The van der Waals surface area contributed by atoms with Gasteiger partial charge in [-0.05, 0) is 49.4 Å². The number of aromatic nitrogens is 2. The van der Waals surface area contributed by atoms with Gasteiger partial charge in [0, 0.05) is 12.5 Å². The molecule has 0 radical (unpaired) electrons. The summed E-state index contributed by atoms with van der Waals surface area (Å²) >= 11 is 0. The number of carbonyl (C=O) groups is 1. The Kier molecular flexibility index (Phi) is 5.33. The van der Waals surface area contributed by atoms with Gasteiger partial charge >= 0.3 is 0 Å². The third-order valence-electron chi connectivity index (χ3n) is 5.04. The Morgan fingerprint density at radius 2 is 2.16 bits per heavy atom. The number of hydrogen-bond acceptors (Lipinski definition) is 4. The van der Waals surface area contributed by atoms with Gasteiger partial charge in [-0.25, -0.2) is 4.98 Å². The van der Waals surface area contributed by atoms with Crippen LogP contribution >= 0.6 is 0 Å². The van der Waals surface area contributed by atoms with E-state index in [0.29, 0.717) is 17.7 Å². The van der Waals surface area contributed by atoms with Crippen molar-refractivity contribution in [1.29, 1.82) is 0 Å². The minimum Gasteiger partial charge on any atom is -0.314 e. The third-order valence-corrected chi connectivity index (χ3v) is 5.04. The molecule has 5 nitrogen and oxygen atoms in total. The molecule has 0 bridgehead atoms. The highest BCUT2D eigenvalue weighted by molar-refractivity contribution is 5.83. The first-order chi connectivity index (χ1) is 12.0. The van der Waals surface area contributed by atoms with Crippen molar-refractivity contribution < 1.29 is 4.79 Å². The number of ketones is 1. The van der Waals surface area contributed by atoms with E-state index in [4.69, 9.17) is 0 Å². The molecule has 3 rings (SSSR count). The monoisotopic (exact) mass is 341 g/mol. The molecule has 1 aromatic heterocycles. The molecule has 1 saturated heterocycles. The van der Waals surface area contributed by atoms with Crippen LogP contribution in [0, 0.1) is 6.92 Å². The average Bonchev–Trinajstić information content (AvgIpc) is 2.58. The Bertz CT molecular complexity index is 833. The minimum atomic E-state index is -0.124. The molecule has 1 aliphatic rings. The van der Waals surface area contributed by atoms with Gasteiger partial charge in [-0.2, -0.15) is 0 Å². The van der Waals surface area contributed by atoms with Crippen molar-refractivity contribution in [2.24, 2.45) is 0 Å². The van der Waals surface area contributed by atoms with Crippen LogP contribution in [0.25, 0.3) is 10.9 Å². The molecular weight excluding hydrogens is 314 g/mol. The number of nitrogens with zero attached hydrogens (tertiary/aromatic N) is 2. The zero-order chi connectivity index (χ0) is 18.0. The van der Waals surface area contributed by atoms with E-state index >= 15 is 0 Å². The smallest absolute Gasteiger partial charge is 0.261 e. The van der Waals surface area contributed by atoms with E-state index in [1.807, 2.05) is 13.0 Å². The number of Topliss-reactive ketones (excluding diaryl/α,β-unsaturated/α-hetero) is 1. The number of nitrogens with one attached hydrogen (secondary N) is 1. The fourth-order valence-corrected chi connectivity index (χ4v) is 3.55. The highest BCUT2D eigenvalue weighted by Gasteiger charge is 2.17. The average molecular weight is 341 g/mol. The lowest BCUT2D eigenvalue weighted by molar-refractivity contribution is -0.120. The van der Waals surface area contributed by atoms with E-state index in [9.17, 15) is 9.59 Å². The maximum Gasteiger partial charge on any atom is 0.261 e. The third kappa shape index (κ3) is 3.98. The van der Waals surface area contributed by atoms with Gasteiger partial charge in [0.2, 0.25) is 0 Å². The molecule has 1 aromatic carbocycles. The molecule has 1 aliphatic heterocycles. The lowest BCUT2D eigenvalue weighted by Gasteiger charge is -2.22. The van der Waals surface area contributed by atoms with Crippen molar-refractivity contribution in [3.63, 3.8) is 0 Å². The standard InChI is InChI=1S/C20H27N3O2/c1-13(2)15-8-14(3)19-18(9-15)20(25)23(12-22-19)11-17(24)10-16-6-4-5-7-21-16/h8-9,12-13,16,21H,4-7,10-11H2,1-3H3/t16-/m0/s1. The number of hydrogen-bond donors (Lipinski definition) is 1. The topological polar surface area (TPSA) is 64.0 Å². The largest absolute Gasteiger partial charge is 0.314 e. The fraction of sp³-hybridized carbons (Fsp3) is 0.550. The summed E-state index contributed by atoms with van der Waals surface area (Å²) in [5.41, 5.74) is 2.73. The van der Waals surface area contributed by atoms with Gasteiger partial charge in [-0.1, -0.05) is 26.3 Å². The summed E-state index contributed by atoms with van der Waals surface area (Å²) in [7, 11) is 0. The lowest BCUT2D eigenvalue weighted by Crippen LogP contribution is -2.37. The molecule has 134 valence electrons. The molecule has 0 unspecified atom stereocenters. The summed E-state index contributed by atoms with van der Waals surface area (Å²) in [4.78, 5) is 29.7. The predicted octanol–water partition coefficient (Wildman–Crippen LogP) is 2.93. The van der Waals surface area contributed by atoms with Crippen LogP contribution in [-0.2, 0) is 11.3 Å². The zero-order valence-electron chi connectivity index (χ0n) is 15.3. The van der Waals surface area contributed by atoms with Gasteiger partial charge in [0.25, 0.3) is 5.56 Å². The van der Waals surface area contributed by atoms with Crippen molar-refractivity contribution in [2.75, 3.05) is 6.54 Å². The van der Waals surface area contributed by atoms with Crippen LogP contribution in [0.15, 0.2) is 23.3 Å². The second kappa shape index (κ2) is 7.48. The quantitative estimate of drug-likeness (QED) is 0.908. The van der Waals surface area contributed by atoms with Crippen molar-refractivity contribution in [1.82, 2.24) is 14.9 Å². The van der Waals surface area contributed by atoms with Crippen molar-refractivity contribution in [2.45, 2.75) is 65.0 Å². The van der Waals surface area contributed by atoms with Gasteiger partial charge in [-0.3, -0.25) is 14.2 Å². The summed E-state index contributed by atoms with van der Waals surface area (Å²) in [6.45, 7) is 7.27. The van der Waals surface area contributed by atoms with Crippen molar-refractivity contribution in [3.05, 3.63) is 39.9 Å². The van der Waals surface area contributed by atoms with Crippen LogP contribution in [0.1, 0.15) is 56.6 Å². The highest BCUT2D eigenvalue weighted by Crippen LogP contribution is 2.21. The molecule has 5 heteroatoms. The molecule has 0 saturated carbocycles. The van der Waals surface area contributed by atoms with E-state index in [1.165, 1.54) is 23.7 Å². The summed E-state index contributed by atoms with van der Waals surface area (Å²) < 4.78 is 1.46. The molecule has 0 aliphatic carbocycles. The van der Waals surface area contributed by atoms with E-state index in [2.05, 4.69) is 30.2 Å². The van der Waals surface area contributed by atoms with Crippen molar-refractivity contribution >= 4 is 16.7 Å². The molecule has 2 aromatic rings. The molecule has 25 heavy (non-hydrogen) atoms. The van der Waals surface area contributed by atoms with Gasteiger partial charge in [0.15, 0.2) is 5.78 Å². The van der Waals surface area contributed by atoms with Crippen LogP contribution in [0.5, 0.6) is 0 Å². The number of fused-ring (bicyclic) bond motifs is 1. The van der Waals surface area contributed by atoms with Crippen LogP contribution < -0.4 is 10.9 Å². The number of carbonyl (C=O) groups excluding carboxylic acids is 1. The summed E-state index contributed by atoms with van der Waals surface area (Å²) in [6.07, 6.45) is 5.37. The first-order valence-corrected chi connectivity index (χ1v) is 9.20. The molecular formula is C20H27N3O2. The second-order valence-electron chi connectivity index (χ2n) is 7.46. The zero-order valence-corrected chi connectivity index (χ0v) is 15.3. The Balaban J connectivity index is 1.85. The molecule has 0 amide bonds. The van der Waals surface area contributed by atoms with Crippen LogP contribution in [0.3, 0.4) is 0 Å². The van der Waals surface area contributed by atoms with Gasteiger partial charge in [0.1, 0.15) is 0 Å². The Labute approximate surface area is 148 Å². The lowest BCUT2D eigenvalue weighted by atomic mass is 9.98. The Morgan fingerprint density at radius 3 is 2.84 bits per heavy atom. The number of rotatable bonds is 5. The Hall–Kier alpha value is -2.01. The Morgan fingerprint density at radius 1 is 1.36 bits per heavy atom. The molecule has 2 heterocycles. The molecule has 1 atom stereocenters. The summed E-state index contributed by atoms with van der Waals surface area (Å²) in [6, 6.07) is 4.26. The van der Waals surface area contributed by atoms with E-state index in [0.717, 1.165) is 29.6 Å². The summed E-state index contributed by atoms with van der Waals surface area (Å²) in [5.74, 6) is 0.426. The fourth-order valence-electron chi connectivity index (χ4n) is 3.55. The SMILES string of the molecule is Cc1cc(C(C)C)cc2c(=O)n(CC(=O)C[C@@H]3CCCCN3)cnc12. The first kappa shape index (κ1) is 17.8. The first-order valence-electron chi connectivity index (χ1n) is 9.20. The van der Waals surface area contributed by atoms with Crippen LogP contribution in [0.2, 0.25) is 0 Å². The second-order valence-corrected chi connectivity index (χ2v) is 7.46. The van der Waals surface area contributed by atoms with Crippen molar-refractivity contribution in [3.8, 4) is 0 Å². The van der Waals surface area contributed by atoms with Gasteiger partial charge in [0.05, 0.1) is 23.8 Å². The van der Waals surface area contributed by atoms with Crippen LogP contribution in [0.4, 0.5) is 0 Å². The maximum atomic E-state index is 12.8. The van der Waals surface area contributed by atoms with E-state index in [1.54, 1.807) is 0 Å². The van der Waals surface area contributed by atoms with E-state index in [-0.39, 0.29) is 23.9 Å². The number of piperidine rings is 1. The maximum absolute atomic E-state index is 12.8.